The molecule has 4 nitrogen and oxygen atoms in total. The van der Waals surface area contributed by atoms with Crippen LogP contribution < -0.4 is 5.32 Å². The van der Waals surface area contributed by atoms with Crippen LogP contribution in [0.3, 0.4) is 0 Å². The van der Waals surface area contributed by atoms with Crippen molar-refractivity contribution in [3.8, 4) is 0 Å². The smallest absolute Gasteiger partial charge is 0.226 e. The third-order valence-corrected chi connectivity index (χ3v) is 3.21. The molecule has 1 atom stereocenters. The molecule has 0 aliphatic rings. The van der Waals surface area contributed by atoms with Gasteiger partial charge in [-0.1, -0.05) is 37.2 Å². The van der Waals surface area contributed by atoms with E-state index in [-0.39, 0.29) is 0 Å². The van der Waals surface area contributed by atoms with Gasteiger partial charge < -0.3 is 9.84 Å². The highest BCUT2D eigenvalue weighted by atomic mass is 16.5. The zero-order chi connectivity index (χ0) is 13.5. The Morgan fingerprint density at radius 3 is 2.79 bits per heavy atom. The number of hydrogen-bond acceptors (Lipinski definition) is 4. The normalized spacial score (nSPS) is 12.3. The van der Waals surface area contributed by atoms with Gasteiger partial charge in [-0.3, -0.25) is 0 Å². The van der Waals surface area contributed by atoms with Crippen molar-refractivity contribution < 1.29 is 4.52 Å². The van der Waals surface area contributed by atoms with Crippen molar-refractivity contribution in [3.05, 3.63) is 42.0 Å². The fraction of sp³-hybridized carbons (Fsp3) is 0.467. The van der Waals surface area contributed by atoms with Crippen LogP contribution >= 0.6 is 0 Å². The quantitative estimate of drug-likeness (QED) is 0.771. The molecule has 2 rings (SSSR count). The van der Waals surface area contributed by atoms with Crippen LogP contribution in [0.25, 0.3) is 0 Å². The Bertz CT molecular complexity index is 481. The SMILES string of the molecule is CCC(C)c1noc(CCCNc2ccccc2)n1. The number of aryl methyl sites for hydroxylation is 1. The fourth-order valence-electron chi connectivity index (χ4n) is 1.78. The fourth-order valence-corrected chi connectivity index (χ4v) is 1.78. The van der Waals surface area contributed by atoms with Crippen molar-refractivity contribution in [2.24, 2.45) is 0 Å². The van der Waals surface area contributed by atoms with Gasteiger partial charge in [0, 0.05) is 24.6 Å². The van der Waals surface area contributed by atoms with Gasteiger partial charge in [-0.25, -0.2) is 0 Å². The number of rotatable bonds is 7. The molecule has 1 aromatic heterocycles. The maximum atomic E-state index is 5.25. The number of aromatic nitrogens is 2. The Morgan fingerprint density at radius 2 is 2.05 bits per heavy atom. The van der Waals surface area contributed by atoms with Crippen LogP contribution in [-0.2, 0) is 6.42 Å². The predicted molar refractivity (Wildman–Crippen MR) is 76.3 cm³/mol. The van der Waals surface area contributed by atoms with E-state index in [9.17, 15) is 0 Å². The lowest BCUT2D eigenvalue weighted by Crippen LogP contribution is -2.03. The van der Waals surface area contributed by atoms with Crippen LogP contribution in [0, 0.1) is 0 Å². The number of anilines is 1. The Labute approximate surface area is 114 Å². The van der Waals surface area contributed by atoms with Crippen LogP contribution in [0.15, 0.2) is 34.9 Å². The summed E-state index contributed by atoms with van der Waals surface area (Å²) in [5.41, 5.74) is 1.15. The molecule has 0 aliphatic carbocycles. The number of nitrogens with one attached hydrogen (secondary N) is 1. The molecule has 1 aromatic carbocycles. The van der Waals surface area contributed by atoms with E-state index < -0.39 is 0 Å². The van der Waals surface area contributed by atoms with Crippen LogP contribution in [0.2, 0.25) is 0 Å². The molecule has 4 heteroatoms. The third-order valence-electron chi connectivity index (χ3n) is 3.21. The minimum absolute atomic E-state index is 0.375. The number of hydrogen-bond donors (Lipinski definition) is 1. The largest absolute Gasteiger partial charge is 0.385 e. The second kappa shape index (κ2) is 6.92. The van der Waals surface area contributed by atoms with Crippen molar-refractivity contribution in [2.45, 2.75) is 39.0 Å². The Hall–Kier alpha value is -1.84. The first kappa shape index (κ1) is 13.6. The first-order chi connectivity index (χ1) is 9.29. The molecule has 1 N–H and O–H groups in total. The lowest BCUT2D eigenvalue weighted by Gasteiger charge is -2.04. The molecule has 0 saturated carbocycles. The Morgan fingerprint density at radius 1 is 1.26 bits per heavy atom. The van der Waals surface area contributed by atoms with Gasteiger partial charge >= 0.3 is 0 Å². The van der Waals surface area contributed by atoms with Crippen molar-refractivity contribution in [1.82, 2.24) is 10.1 Å². The Kier molecular flexibility index (Phi) is 4.95. The second-order valence-electron chi connectivity index (χ2n) is 4.75. The Balaban J connectivity index is 1.72. The molecule has 1 unspecified atom stereocenters. The van der Waals surface area contributed by atoms with Gasteiger partial charge in [0.1, 0.15) is 0 Å². The topological polar surface area (TPSA) is 51.0 Å². The van der Waals surface area contributed by atoms with E-state index in [1.54, 1.807) is 0 Å². The molecule has 102 valence electrons. The summed E-state index contributed by atoms with van der Waals surface area (Å²) in [6, 6.07) is 10.2. The molecular formula is C15H21N3O. The first-order valence-electron chi connectivity index (χ1n) is 6.91. The summed E-state index contributed by atoms with van der Waals surface area (Å²) in [5.74, 6) is 1.94. The van der Waals surface area contributed by atoms with E-state index in [1.807, 2.05) is 18.2 Å². The van der Waals surface area contributed by atoms with Gasteiger partial charge in [-0.15, -0.1) is 0 Å². The number of benzene rings is 1. The second-order valence-corrected chi connectivity index (χ2v) is 4.75. The molecular weight excluding hydrogens is 238 g/mol. The van der Waals surface area contributed by atoms with Crippen molar-refractivity contribution in [2.75, 3.05) is 11.9 Å². The van der Waals surface area contributed by atoms with Crippen molar-refractivity contribution in [3.63, 3.8) is 0 Å². The van der Waals surface area contributed by atoms with E-state index in [0.717, 1.165) is 43.2 Å². The van der Waals surface area contributed by atoms with E-state index >= 15 is 0 Å². The summed E-state index contributed by atoms with van der Waals surface area (Å²) in [7, 11) is 0. The highest BCUT2D eigenvalue weighted by Crippen LogP contribution is 2.15. The summed E-state index contributed by atoms with van der Waals surface area (Å²) < 4.78 is 5.25. The van der Waals surface area contributed by atoms with Gasteiger partial charge in [-0.05, 0) is 25.0 Å². The minimum Gasteiger partial charge on any atom is -0.385 e. The highest BCUT2D eigenvalue weighted by Gasteiger charge is 2.11. The summed E-state index contributed by atoms with van der Waals surface area (Å²) in [4.78, 5) is 4.42. The minimum atomic E-state index is 0.375. The average molecular weight is 259 g/mol. The first-order valence-corrected chi connectivity index (χ1v) is 6.91. The van der Waals surface area contributed by atoms with Gasteiger partial charge in [0.15, 0.2) is 5.82 Å². The molecule has 0 fully saturated rings. The van der Waals surface area contributed by atoms with Crippen LogP contribution in [0.1, 0.15) is 44.3 Å². The summed E-state index contributed by atoms with van der Waals surface area (Å²) in [6.07, 6.45) is 2.84. The molecule has 0 bridgehead atoms. The molecule has 2 aromatic rings. The van der Waals surface area contributed by atoms with Crippen LogP contribution in [0.5, 0.6) is 0 Å². The van der Waals surface area contributed by atoms with E-state index in [4.69, 9.17) is 4.52 Å². The third kappa shape index (κ3) is 4.09. The maximum Gasteiger partial charge on any atom is 0.226 e. The number of para-hydroxylation sites is 1. The maximum absolute atomic E-state index is 5.25. The van der Waals surface area contributed by atoms with Crippen molar-refractivity contribution in [1.29, 1.82) is 0 Å². The molecule has 0 amide bonds. The van der Waals surface area contributed by atoms with E-state index in [0.29, 0.717) is 5.92 Å². The average Bonchev–Trinajstić information content (AvgIpc) is 2.93. The summed E-state index contributed by atoms with van der Waals surface area (Å²) >= 11 is 0. The standard InChI is InChI=1S/C15H21N3O/c1-3-12(2)15-17-14(19-18-15)10-7-11-16-13-8-5-4-6-9-13/h4-6,8-9,12,16H,3,7,10-11H2,1-2H3. The summed E-state index contributed by atoms with van der Waals surface area (Å²) in [5, 5.41) is 7.38. The lowest BCUT2D eigenvalue weighted by molar-refractivity contribution is 0.368. The van der Waals surface area contributed by atoms with Crippen molar-refractivity contribution >= 4 is 5.69 Å². The lowest BCUT2D eigenvalue weighted by atomic mass is 10.1. The van der Waals surface area contributed by atoms with Crippen LogP contribution in [-0.4, -0.2) is 16.7 Å². The van der Waals surface area contributed by atoms with Gasteiger partial charge in [-0.2, -0.15) is 4.98 Å². The van der Waals surface area contributed by atoms with Crippen LogP contribution in [0.4, 0.5) is 5.69 Å². The monoisotopic (exact) mass is 259 g/mol. The molecule has 19 heavy (non-hydrogen) atoms. The van der Waals surface area contributed by atoms with E-state index in [1.165, 1.54) is 0 Å². The molecule has 0 radical (unpaired) electrons. The molecule has 0 saturated heterocycles. The van der Waals surface area contributed by atoms with Gasteiger partial charge in [0.05, 0.1) is 0 Å². The zero-order valence-electron chi connectivity index (χ0n) is 11.6. The van der Waals surface area contributed by atoms with Gasteiger partial charge in [0.25, 0.3) is 0 Å². The summed E-state index contributed by atoms with van der Waals surface area (Å²) in [6.45, 7) is 5.15. The number of nitrogens with zero attached hydrogens (tertiary/aromatic N) is 2. The van der Waals surface area contributed by atoms with Gasteiger partial charge in [0.2, 0.25) is 5.89 Å². The molecule has 1 heterocycles. The predicted octanol–water partition coefficient (Wildman–Crippen LogP) is 3.63. The molecule has 0 aliphatic heterocycles. The zero-order valence-corrected chi connectivity index (χ0v) is 11.6. The van der Waals surface area contributed by atoms with E-state index in [2.05, 4.69) is 41.4 Å². The molecule has 0 spiro atoms. The highest BCUT2D eigenvalue weighted by molar-refractivity contribution is 5.42.